The molecule has 1 saturated heterocycles. The highest BCUT2D eigenvalue weighted by atomic mass is 79.9. The Labute approximate surface area is 106 Å². The van der Waals surface area contributed by atoms with Crippen LogP contribution in [0, 0.1) is 5.82 Å². The molecule has 4 nitrogen and oxygen atoms in total. The lowest BCUT2D eigenvalue weighted by atomic mass is 9.87. The second-order valence-electron chi connectivity index (χ2n) is 3.79. The van der Waals surface area contributed by atoms with E-state index in [1.54, 1.807) is 13.0 Å². The summed E-state index contributed by atoms with van der Waals surface area (Å²) in [5.74, 6) is -1.05. The summed E-state index contributed by atoms with van der Waals surface area (Å²) < 4.78 is 14.5. The van der Waals surface area contributed by atoms with Crippen LogP contribution in [0.1, 0.15) is 18.9 Å². The summed E-state index contributed by atoms with van der Waals surface area (Å²) in [5, 5.41) is 4.62. The first-order valence-electron chi connectivity index (χ1n) is 5.08. The number of hydrogen-bond acceptors (Lipinski definition) is 2. The van der Waals surface area contributed by atoms with Crippen molar-refractivity contribution in [2.24, 2.45) is 0 Å². The fourth-order valence-corrected chi connectivity index (χ4v) is 2.29. The van der Waals surface area contributed by atoms with Gasteiger partial charge in [0.1, 0.15) is 11.4 Å². The Kier molecular flexibility index (Phi) is 2.91. The maximum atomic E-state index is 13.9. The first kappa shape index (κ1) is 12.0. The predicted molar refractivity (Wildman–Crippen MR) is 62.7 cm³/mol. The van der Waals surface area contributed by atoms with Crippen molar-refractivity contribution < 1.29 is 14.0 Å². The molecule has 0 bridgehead atoms. The molecule has 0 radical (unpaired) electrons. The van der Waals surface area contributed by atoms with Gasteiger partial charge >= 0.3 is 6.03 Å². The van der Waals surface area contributed by atoms with Gasteiger partial charge in [-0.3, -0.25) is 10.1 Å². The zero-order valence-corrected chi connectivity index (χ0v) is 10.6. The summed E-state index contributed by atoms with van der Waals surface area (Å²) in [7, 11) is 0. The van der Waals surface area contributed by atoms with Gasteiger partial charge in [0.2, 0.25) is 0 Å². The summed E-state index contributed by atoms with van der Waals surface area (Å²) in [6.45, 7) is 1.71. The number of hydrogen-bond donors (Lipinski definition) is 2. The first-order chi connectivity index (χ1) is 7.99. The molecule has 0 saturated carbocycles. The lowest BCUT2D eigenvalue weighted by Gasteiger charge is -2.25. The third-order valence-corrected chi connectivity index (χ3v) is 3.36. The van der Waals surface area contributed by atoms with Crippen molar-refractivity contribution in [3.05, 3.63) is 34.1 Å². The Morgan fingerprint density at radius 1 is 1.41 bits per heavy atom. The molecule has 17 heavy (non-hydrogen) atoms. The topological polar surface area (TPSA) is 58.2 Å². The Balaban J connectivity index is 2.56. The molecule has 90 valence electrons. The molecule has 2 rings (SSSR count). The van der Waals surface area contributed by atoms with E-state index in [2.05, 4.69) is 26.6 Å². The van der Waals surface area contributed by atoms with Crippen LogP contribution in [0.5, 0.6) is 0 Å². The average Bonchev–Trinajstić information content (AvgIpc) is 2.54. The van der Waals surface area contributed by atoms with E-state index < -0.39 is 23.3 Å². The van der Waals surface area contributed by atoms with Crippen LogP contribution in [0.15, 0.2) is 22.7 Å². The maximum Gasteiger partial charge on any atom is 0.322 e. The van der Waals surface area contributed by atoms with Gasteiger partial charge in [-0.2, -0.15) is 0 Å². The third kappa shape index (κ3) is 1.82. The quantitative estimate of drug-likeness (QED) is 0.821. The van der Waals surface area contributed by atoms with Crippen molar-refractivity contribution in [1.29, 1.82) is 0 Å². The van der Waals surface area contributed by atoms with Crippen molar-refractivity contribution in [2.45, 2.75) is 18.9 Å². The molecule has 1 unspecified atom stereocenters. The zero-order chi connectivity index (χ0) is 12.6. The molecule has 6 heteroatoms. The van der Waals surface area contributed by atoms with Crippen LogP contribution in [0.25, 0.3) is 0 Å². The standard InChI is InChI=1S/C11H10BrFN2O2/c1-2-11(9(16)14-10(17)15-11)7-4-3-6(12)5-8(7)13/h3-5H,2H2,1H3,(H2,14,15,16,17). The molecule has 1 atom stereocenters. The van der Waals surface area contributed by atoms with Gasteiger partial charge in [-0.25, -0.2) is 9.18 Å². The summed E-state index contributed by atoms with van der Waals surface area (Å²) in [4.78, 5) is 23.0. The molecule has 1 aromatic carbocycles. The molecule has 1 heterocycles. The van der Waals surface area contributed by atoms with Crippen molar-refractivity contribution in [1.82, 2.24) is 10.6 Å². The highest BCUT2D eigenvalue weighted by Gasteiger charge is 2.47. The molecule has 1 aliphatic rings. The van der Waals surface area contributed by atoms with Crippen LogP contribution in [-0.4, -0.2) is 11.9 Å². The Hall–Kier alpha value is -1.43. The number of halogens is 2. The van der Waals surface area contributed by atoms with E-state index in [0.29, 0.717) is 4.47 Å². The van der Waals surface area contributed by atoms with Crippen molar-refractivity contribution in [2.75, 3.05) is 0 Å². The minimum Gasteiger partial charge on any atom is -0.319 e. The van der Waals surface area contributed by atoms with E-state index in [-0.39, 0.29) is 12.0 Å². The molecule has 0 aromatic heterocycles. The van der Waals surface area contributed by atoms with Gasteiger partial charge in [-0.1, -0.05) is 28.9 Å². The van der Waals surface area contributed by atoms with E-state index in [9.17, 15) is 14.0 Å². The lowest BCUT2D eigenvalue weighted by Crippen LogP contribution is -2.43. The summed E-state index contributed by atoms with van der Waals surface area (Å²) >= 11 is 3.14. The normalized spacial score (nSPS) is 23.5. The van der Waals surface area contributed by atoms with Crippen LogP contribution < -0.4 is 10.6 Å². The Morgan fingerprint density at radius 3 is 2.59 bits per heavy atom. The zero-order valence-electron chi connectivity index (χ0n) is 9.01. The highest BCUT2D eigenvalue weighted by molar-refractivity contribution is 9.10. The molecule has 1 aliphatic heterocycles. The second kappa shape index (κ2) is 4.10. The average molecular weight is 301 g/mol. The van der Waals surface area contributed by atoms with Gasteiger partial charge in [0.15, 0.2) is 0 Å². The van der Waals surface area contributed by atoms with Crippen LogP contribution >= 0.6 is 15.9 Å². The number of urea groups is 1. The largest absolute Gasteiger partial charge is 0.322 e. The van der Waals surface area contributed by atoms with Gasteiger partial charge in [0, 0.05) is 10.0 Å². The van der Waals surface area contributed by atoms with Crippen molar-refractivity contribution in [3.63, 3.8) is 0 Å². The van der Waals surface area contributed by atoms with Gasteiger partial charge in [-0.15, -0.1) is 0 Å². The maximum absolute atomic E-state index is 13.9. The van der Waals surface area contributed by atoms with E-state index in [4.69, 9.17) is 0 Å². The smallest absolute Gasteiger partial charge is 0.319 e. The Morgan fingerprint density at radius 2 is 2.12 bits per heavy atom. The van der Waals surface area contributed by atoms with Crippen molar-refractivity contribution >= 4 is 27.9 Å². The van der Waals surface area contributed by atoms with E-state index in [1.807, 2.05) is 0 Å². The minimum absolute atomic E-state index is 0.173. The molecule has 1 aromatic rings. The highest BCUT2D eigenvalue weighted by Crippen LogP contribution is 2.31. The SMILES string of the molecule is CCC1(c2ccc(Br)cc2F)NC(=O)NC1=O. The van der Waals surface area contributed by atoms with Crippen molar-refractivity contribution in [3.8, 4) is 0 Å². The van der Waals surface area contributed by atoms with Gasteiger partial charge < -0.3 is 5.32 Å². The fourth-order valence-electron chi connectivity index (χ4n) is 1.96. The fraction of sp³-hybridized carbons (Fsp3) is 0.273. The molecule has 1 fully saturated rings. The van der Waals surface area contributed by atoms with Crippen LogP contribution in [0.3, 0.4) is 0 Å². The number of carbonyl (C=O) groups excluding carboxylic acids is 2. The molecular weight excluding hydrogens is 291 g/mol. The summed E-state index contributed by atoms with van der Waals surface area (Å²) in [6, 6.07) is 3.80. The number of amides is 3. The number of benzene rings is 1. The number of rotatable bonds is 2. The molecule has 2 N–H and O–H groups in total. The first-order valence-corrected chi connectivity index (χ1v) is 5.88. The van der Waals surface area contributed by atoms with Crippen LogP contribution in [0.4, 0.5) is 9.18 Å². The molecule has 3 amide bonds. The van der Waals surface area contributed by atoms with Gasteiger partial charge in [0.05, 0.1) is 0 Å². The molecular formula is C11H10BrFN2O2. The monoisotopic (exact) mass is 300 g/mol. The second-order valence-corrected chi connectivity index (χ2v) is 4.71. The van der Waals surface area contributed by atoms with E-state index >= 15 is 0 Å². The van der Waals surface area contributed by atoms with E-state index in [1.165, 1.54) is 12.1 Å². The number of nitrogens with one attached hydrogen (secondary N) is 2. The predicted octanol–water partition coefficient (Wildman–Crippen LogP) is 2.03. The Bertz CT molecular complexity index is 506. The lowest BCUT2D eigenvalue weighted by molar-refractivity contribution is -0.124. The molecule has 0 aliphatic carbocycles. The summed E-state index contributed by atoms with van der Waals surface area (Å²) in [6.07, 6.45) is 0.281. The van der Waals surface area contributed by atoms with Gasteiger partial charge in [-0.05, 0) is 18.6 Å². The van der Waals surface area contributed by atoms with Gasteiger partial charge in [0.25, 0.3) is 5.91 Å². The van der Waals surface area contributed by atoms with Crippen LogP contribution in [0.2, 0.25) is 0 Å². The number of carbonyl (C=O) groups is 2. The van der Waals surface area contributed by atoms with E-state index in [0.717, 1.165) is 0 Å². The van der Waals surface area contributed by atoms with Crippen LogP contribution in [-0.2, 0) is 10.3 Å². The third-order valence-electron chi connectivity index (χ3n) is 2.86. The minimum atomic E-state index is -1.30. The summed E-state index contributed by atoms with van der Waals surface area (Å²) in [5.41, 5.74) is -1.13. The molecule has 0 spiro atoms. The number of imide groups is 1.